The van der Waals surface area contributed by atoms with E-state index in [1.165, 1.54) is 18.3 Å². The Kier molecular flexibility index (Phi) is 4.76. The van der Waals surface area contributed by atoms with Gasteiger partial charge in [-0.2, -0.15) is 4.39 Å². The lowest BCUT2D eigenvalue weighted by molar-refractivity contribution is -0.116. The number of hydrogen-bond acceptors (Lipinski definition) is 4. The number of pyridine rings is 1. The van der Waals surface area contributed by atoms with Crippen molar-refractivity contribution in [1.29, 1.82) is 0 Å². The molecule has 0 N–H and O–H groups in total. The van der Waals surface area contributed by atoms with Crippen LogP contribution in [0.15, 0.2) is 36.5 Å². The van der Waals surface area contributed by atoms with Crippen LogP contribution >= 0.6 is 0 Å². The molecule has 3 amide bonds. The number of amides is 3. The van der Waals surface area contributed by atoms with Crippen molar-refractivity contribution >= 4 is 28.5 Å². The normalized spacial score (nSPS) is 14.2. The Hall–Kier alpha value is -3.69. The molecule has 1 aliphatic heterocycles. The average Bonchev–Trinajstić information content (AvgIpc) is 2.99. The molecule has 2 aromatic carbocycles. The summed E-state index contributed by atoms with van der Waals surface area (Å²) in [6, 6.07) is 5.42. The summed E-state index contributed by atoms with van der Waals surface area (Å²) in [5, 5.41) is 0.434. The fraction of sp³-hybridized carbons (Fsp3) is 0.150. The Bertz CT molecular complexity index is 1200. The molecule has 0 radical (unpaired) electrons. The first kappa shape index (κ1) is 19.6. The zero-order valence-electron chi connectivity index (χ0n) is 15.5. The monoisotopic (exact) mass is 419 g/mol. The fourth-order valence-electron chi connectivity index (χ4n) is 3.37. The van der Waals surface area contributed by atoms with Gasteiger partial charge >= 0.3 is 6.03 Å². The number of methoxy groups -OCH3 is 1. The molecule has 30 heavy (non-hydrogen) atoms. The van der Waals surface area contributed by atoms with Crippen LogP contribution in [0.2, 0.25) is 0 Å². The number of nitrogens with zero attached hydrogens (tertiary/aromatic N) is 3. The van der Waals surface area contributed by atoms with Crippen LogP contribution in [0.25, 0.3) is 10.9 Å². The van der Waals surface area contributed by atoms with Gasteiger partial charge in [0.05, 0.1) is 12.8 Å². The molecule has 0 bridgehead atoms. The van der Waals surface area contributed by atoms with Crippen LogP contribution in [-0.2, 0) is 11.3 Å². The maximum atomic E-state index is 14.4. The minimum Gasteiger partial charge on any atom is -0.491 e. The molecular weight excluding hydrogens is 406 g/mol. The number of aromatic nitrogens is 1. The van der Waals surface area contributed by atoms with Gasteiger partial charge in [0.1, 0.15) is 17.9 Å². The number of halogens is 4. The molecule has 1 aliphatic rings. The number of benzene rings is 2. The standard InChI is InChI=1S/C20H13F4N3O3/c1-30-19-13(22)7-14(16(23)17(19)24)27-15(28)9-26(20(27)29)8-10-5-6-25-18-11(10)3-2-4-12(18)21/h2-7H,8-9H2,1H3. The van der Waals surface area contributed by atoms with Crippen LogP contribution in [0.1, 0.15) is 5.56 Å². The second-order valence-electron chi connectivity index (χ2n) is 6.51. The fourth-order valence-corrected chi connectivity index (χ4v) is 3.37. The molecule has 0 spiro atoms. The number of carbonyl (C=O) groups excluding carboxylic acids is 2. The molecule has 154 valence electrons. The summed E-state index contributed by atoms with van der Waals surface area (Å²) in [6.07, 6.45) is 1.36. The quantitative estimate of drug-likeness (QED) is 0.367. The molecule has 2 heterocycles. The van der Waals surface area contributed by atoms with Gasteiger partial charge in [-0.25, -0.2) is 22.9 Å². The van der Waals surface area contributed by atoms with Gasteiger partial charge in [0.2, 0.25) is 5.82 Å². The molecule has 0 atom stereocenters. The Morgan fingerprint density at radius 2 is 1.83 bits per heavy atom. The van der Waals surface area contributed by atoms with E-state index >= 15 is 0 Å². The number of anilines is 1. The predicted octanol–water partition coefficient (Wildman–Crippen LogP) is 3.77. The Balaban J connectivity index is 1.69. The zero-order chi connectivity index (χ0) is 21.6. The van der Waals surface area contributed by atoms with Crippen LogP contribution in [0, 0.1) is 23.3 Å². The van der Waals surface area contributed by atoms with Crippen molar-refractivity contribution in [2.24, 2.45) is 0 Å². The lowest BCUT2D eigenvalue weighted by Gasteiger charge is -2.19. The molecule has 0 saturated carbocycles. The topological polar surface area (TPSA) is 62.7 Å². The van der Waals surface area contributed by atoms with Gasteiger partial charge in [-0.05, 0) is 17.7 Å². The maximum absolute atomic E-state index is 14.4. The van der Waals surface area contributed by atoms with Crippen LogP contribution in [0.3, 0.4) is 0 Å². The first-order valence-electron chi connectivity index (χ1n) is 8.69. The number of ether oxygens (including phenoxy) is 1. The van der Waals surface area contributed by atoms with E-state index < -0.39 is 53.2 Å². The van der Waals surface area contributed by atoms with Gasteiger partial charge < -0.3 is 9.64 Å². The lowest BCUT2D eigenvalue weighted by Crippen LogP contribution is -2.33. The SMILES string of the molecule is COc1c(F)cc(N2C(=O)CN(Cc3ccnc4c(F)cccc34)C2=O)c(F)c1F. The van der Waals surface area contributed by atoms with Gasteiger partial charge in [-0.3, -0.25) is 9.78 Å². The molecule has 10 heteroatoms. The molecule has 4 rings (SSSR count). The molecular formula is C20H13F4N3O3. The third-order valence-corrected chi connectivity index (χ3v) is 4.75. The first-order valence-corrected chi connectivity index (χ1v) is 8.69. The van der Waals surface area contributed by atoms with Crippen LogP contribution in [0.4, 0.5) is 28.0 Å². The van der Waals surface area contributed by atoms with Crippen LogP contribution < -0.4 is 9.64 Å². The summed E-state index contributed by atoms with van der Waals surface area (Å²) >= 11 is 0. The number of urea groups is 1. The van der Waals surface area contributed by atoms with Crippen LogP contribution in [-0.4, -0.2) is 35.5 Å². The van der Waals surface area contributed by atoms with Crippen molar-refractivity contribution in [1.82, 2.24) is 9.88 Å². The summed E-state index contributed by atoms with van der Waals surface area (Å²) in [6.45, 7) is -0.570. The van der Waals surface area contributed by atoms with Crippen molar-refractivity contribution in [2.45, 2.75) is 6.54 Å². The molecule has 0 aliphatic carbocycles. The smallest absolute Gasteiger partial charge is 0.332 e. The van der Waals surface area contributed by atoms with E-state index in [-0.39, 0.29) is 12.1 Å². The van der Waals surface area contributed by atoms with E-state index in [0.717, 1.165) is 12.0 Å². The average molecular weight is 419 g/mol. The Labute approximate surface area is 167 Å². The third-order valence-electron chi connectivity index (χ3n) is 4.75. The van der Waals surface area contributed by atoms with E-state index in [1.54, 1.807) is 12.1 Å². The first-order chi connectivity index (χ1) is 14.3. The van der Waals surface area contributed by atoms with Crippen LogP contribution in [0.5, 0.6) is 5.75 Å². The highest BCUT2D eigenvalue weighted by Crippen LogP contribution is 2.34. The summed E-state index contributed by atoms with van der Waals surface area (Å²) in [7, 11) is 0.955. The second-order valence-corrected chi connectivity index (χ2v) is 6.51. The second kappa shape index (κ2) is 7.29. The highest BCUT2D eigenvalue weighted by Gasteiger charge is 2.40. The molecule has 1 aromatic heterocycles. The van der Waals surface area contributed by atoms with E-state index in [2.05, 4.69) is 9.72 Å². The van der Waals surface area contributed by atoms with Crippen molar-refractivity contribution in [3.05, 3.63) is 65.4 Å². The van der Waals surface area contributed by atoms with E-state index in [0.29, 0.717) is 21.9 Å². The predicted molar refractivity (Wildman–Crippen MR) is 97.9 cm³/mol. The number of para-hydroxylation sites is 1. The zero-order valence-corrected chi connectivity index (χ0v) is 15.5. The van der Waals surface area contributed by atoms with Gasteiger partial charge in [-0.1, -0.05) is 12.1 Å². The number of fused-ring (bicyclic) bond motifs is 1. The van der Waals surface area contributed by atoms with Gasteiger partial charge in [0.25, 0.3) is 5.91 Å². The molecule has 1 fully saturated rings. The van der Waals surface area contributed by atoms with Gasteiger partial charge in [0, 0.05) is 24.2 Å². The summed E-state index contributed by atoms with van der Waals surface area (Å²) in [4.78, 5) is 30.5. The van der Waals surface area contributed by atoms with Gasteiger partial charge in [-0.15, -0.1) is 0 Å². The maximum Gasteiger partial charge on any atom is 0.332 e. The Morgan fingerprint density at radius 1 is 1.07 bits per heavy atom. The van der Waals surface area contributed by atoms with Crippen molar-refractivity contribution in [2.75, 3.05) is 18.6 Å². The summed E-state index contributed by atoms with van der Waals surface area (Å²) in [5.74, 6) is -6.88. The molecule has 6 nitrogen and oxygen atoms in total. The Morgan fingerprint density at radius 3 is 2.57 bits per heavy atom. The minimum absolute atomic E-state index is 0.0927. The number of carbonyl (C=O) groups is 2. The highest BCUT2D eigenvalue weighted by molar-refractivity contribution is 6.19. The summed E-state index contributed by atoms with van der Waals surface area (Å²) in [5.41, 5.74) is -0.265. The van der Waals surface area contributed by atoms with Crippen molar-refractivity contribution in [3.63, 3.8) is 0 Å². The highest BCUT2D eigenvalue weighted by atomic mass is 19.2. The molecule has 0 unspecified atom stereocenters. The van der Waals surface area contributed by atoms with E-state index in [4.69, 9.17) is 0 Å². The van der Waals surface area contributed by atoms with E-state index in [9.17, 15) is 27.2 Å². The van der Waals surface area contributed by atoms with Crippen molar-refractivity contribution < 1.29 is 31.9 Å². The number of imide groups is 1. The number of hydrogen-bond donors (Lipinski definition) is 0. The summed E-state index contributed by atoms with van der Waals surface area (Å²) < 4.78 is 60.9. The van der Waals surface area contributed by atoms with Crippen molar-refractivity contribution in [3.8, 4) is 5.75 Å². The minimum atomic E-state index is -1.65. The largest absolute Gasteiger partial charge is 0.491 e. The van der Waals surface area contributed by atoms with E-state index in [1.807, 2.05) is 0 Å². The molecule has 1 saturated heterocycles. The molecule has 3 aromatic rings. The lowest BCUT2D eigenvalue weighted by atomic mass is 10.1. The van der Waals surface area contributed by atoms with Gasteiger partial charge in [0.15, 0.2) is 17.4 Å². The number of rotatable bonds is 4. The third kappa shape index (κ3) is 3.00.